The van der Waals surface area contributed by atoms with E-state index < -0.39 is 6.03 Å². The number of fused-ring (bicyclic) bond motifs is 1. The first-order chi connectivity index (χ1) is 12.1. The van der Waals surface area contributed by atoms with Crippen LogP contribution in [0.5, 0.6) is 5.75 Å². The Morgan fingerprint density at radius 1 is 1.20 bits per heavy atom. The van der Waals surface area contributed by atoms with Gasteiger partial charge in [0.05, 0.1) is 18.4 Å². The van der Waals surface area contributed by atoms with Crippen LogP contribution in [0.15, 0.2) is 42.5 Å². The topological polar surface area (TPSA) is 80.3 Å². The van der Waals surface area contributed by atoms with E-state index in [9.17, 15) is 9.59 Å². The average Bonchev–Trinajstić information content (AvgIpc) is 3.02. The second kappa shape index (κ2) is 7.50. The summed E-state index contributed by atoms with van der Waals surface area (Å²) in [5.41, 5.74) is 1.16. The molecule has 2 amide bonds. The van der Waals surface area contributed by atoms with Crippen molar-refractivity contribution in [3.8, 4) is 5.75 Å². The maximum Gasteiger partial charge on any atom is 0.321 e. The van der Waals surface area contributed by atoms with Gasteiger partial charge < -0.3 is 10.1 Å². The van der Waals surface area contributed by atoms with E-state index in [0.717, 1.165) is 4.70 Å². The van der Waals surface area contributed by atoms with E-state index in [0.29, 0.717) is 27.0 Å². The fourth-order valence-electron chi connectivity index (χ4n) is 2.18. The zero-order chi connectivity index (χ0) is 17.8. The number of thiazole rings is 1. The van der Waals surface area contributed by atoms with Crippen molar-refractivity contribution in [2.24, 2.45) is 0 Å². The maximum atomic E-state index is 12.0. The molecule has 1 heterocycles. The van der Waals surface area contributed by atoms with Crippen LogP contribution in [0.25, 0.3) is 10.2 Å². The lowest BCUT2D eigenvalue weighted by Gasteiger charge is -2.05. The summed E-state index contributed by atoms with van der Waals surface area (Å²) >= 11 is 7.11. The molecular weight excluding hydrogens is 362 g/mol. The van der Waals surface area contributed by atoms with Gasteiger partial charge in [0.25, 0.3) is 0 Å². The van der Waals surface area contributed by atoms with Gasteiger partial charge in [0.1, 0.15) is 11.3 Å². The Kier molecular flexibility index (Phi) is 5.16. The van der Waals surface area contributed by atoms with E-state index in [2.05, 4.69) is 15.6 Å². The molecule has 0 aliphatic heterocycles. The first-order valence-corrected chi connectivity index (χ1v) is 8.53. The van der Waals surface area contributed by atoms with Crippen molar-refractivity contribution < 1.29 is 14.3 Å². The molecule has 0 aliphatic rings. The summed E-state index contributed by atoms with van der Waals surface area (Å²) < 4.78 is 6.14. The molecule has 0 saturated heterocycles. The van der Waals surface area contributed by atoms with Crippen LogP contribution in [0.2, 0.25) is 5.02 Å². The van der Waals surface area contributed by atoms with Gasteiger partial charge in [-0.25, -0.2) is 9.78 Å². The van der Waals surface area contributed by atoms with Gasteiger partial charge in [-0.3, -0.25) is 10.1 Å². The molecule has 128 valence electrons. The Bertz CT molecular complexity index is 925. The highest BCUT2D eigenvalue weighted by Crippen LogP contribution is 2.31. The Balaban J connectivity index is 1.61. The number of methoxy groups -OCH3 is 1. The molecule has 6 nitrogen and oxygen atoms in total. The number of hydrogen-bond acceptors (Lipinski definition) is 5. The van der Waals surface area contributed by atoms with Crippen molar-refractivity contribution in [2.75, 3.05) is 19.0 Å². The quantitative estimate of drug-likeness (QED) is 0.661. The van der Waals surface area contributed by atoms with E-state index in [-0.39, 0.29) is 12.3 Å². The lowest BCUT2D eigenvalue weighted by molar-refractivity contribution is 0.0993. The number of para-hydroxylation sites is 1. The predicted octanol–water partition coefficient (Wildman–Crippen LogP) is 3.96. The van der Waals surface area contributed by atoms with Crippen molar-refractivity contribution in [2.45, 2.75) is 0 Å². The summed E-state index contributed by atoms with van der Waals surface area (Å²) in [5, 5.41) is 6.12. The van der Waals surface area contributed by atoms with Crippen molar-refractivity contribution in [3.05, 3.63) is 53.1 Å². The molecule has 25 heavy (non-hydrogen) atoms. The summed E-state index contributed by atoms with van der Waals surface area (Å²) in [5.74, 6) is 0.429. The Labute approximate surface area is 152 Å². The number of benzene rings is 2. The molecule has 2 N–H and O–H groups in total. The number of amides is 2. The number of hydrogen-bond donors (Lipinski definition) is 2. The van der Waals surface area contributed by atoms with E-state index in [4.69, 9.17) is 16.3 Å². The van der Waals surface area contributed by atoms with Crippen LogP contribution >= 0.6 is 22.9 Å². The van der Waals surface area contributed by atoms with E-state index >= 15 is 0 Å². The highest BCUT2D eigenvalue weighted by atomic mass is 35.5. The van der Waals surface area contributed by atoms with Gasteiger partial charge in [-0.1, -0.05) is 29.0 Å². The van der Waals surface area contributed by atoms with Gasteiger partial charge in [0, 0.05) is 10.6 Å². The Morgan fingerprint density at radius 2 is 1.96 bits per heavy atom. The molecule has 0 radical (unpaired) electrons. The highest BCUT2D eigenvalue weighted by Gasteiger charge is 2.12. The number of anilines is 1. The lowest BCUT2D eigenvalue weighted by Crippen LogP contribution is -2.33. The number of urea groups is 1. The molecule has 2 aromatic carbocycles. The van der Waals surface area contributed by atoms with Crippen LogP contribution in [0.4, 0.5) is 9.93 Å². The maximum absolute atomic E-state index is 12.0. The molecule has 0 saturated carbocycles. The average molecular weight is 376 g/mol. The summed E-state index contributed by atoms with van der Waals surface area (Å²) in [7, 11) is 1.57. The van der Waals surface area contributed by atoms with Gasteiger partial charge in [-0.2, -0.15) is 0 Å². The van der Waals surface area contributed by atoms with Crippen molar-refractivity contribution in [3.63, 3.8) is 0 Å². The predicted molar refractivity (Wildman–Crippen MR) is 99.0 cm³/mol. The first-order valence-electron chi connectivity index (χ1n) is 7.34. The second-order valence-electron chi connectivity index (χ2n) is 5.06. The van der Waals surface area contributed by atoms with Gasteiger partial charge in [0.15, 0.2) is 10.9 Å². The number of ether oxygens (including phenoxy) is 1. The minimum atomic E-state index is -0.500. The lowest BCUT2D eigenvalue weighted by atomic mass is 10.1. The molecule has 0 aliphatic carbocycles. The van der Waals surface area contributed by atoms with Crippen LogP contribution < -0.4 is 15.4 Å². The molecule has 0 atom stereocenters. The summed E-state index contributed by atoms with van der Waals surface area (Å²) in [4.78, 5) is 28.3. The van der Waals surface area contributed by atoms with Crippen molar-refractivity contribution in [1.29, 1.82) is 0 Å². The van der Waals surface area contributed by atoms with Crippen LogP contribution in [-0.2, 0) is 0 Å². The minimum Gasteiger partial charge on any atom is -0.494 e. The standard InChI is InChI=1S/C17H14ClN3O3S/c1-24-13-3-2-4-14-15(13)20-17(25-14)21-16(23)19-9-12(22)10-5-7-11(18)8-6-10/h2-8H,9H2,1H3,(H2,19,20,21,23). The zero-order valence-corrected chi connectivity index (χ0v) is 14.8. The van der Waals surface area contributed by atoms with Crippen molar-refractivity contribution >= 4 is 50.1 Å². The highest BCUT2D eigenvalue weighted by molar-refractivity contribution is 7.22. The van der Waals surface area contributed by atoms with E-state index in [1.54, 1.807) is 37.4 Å². The second-order valence-corrected chi connectivity index (χ2v) is 6.53. The van der Waals surface area contributed by atoms with Crippen LogP contribution in [0.1, 0.15) is 10.4 Å². The number of ketones is 1. The van der Waals surface area contributed by atoms with Crippen LogP contribution in [0.3, 0.4) is 0 Å². The molecule has 0 bridgehead atoms. The molecule has 0 spiro atoms. The number of Topliss-reactive ketones (excluding diaryl/α,β-unsaturated/α-hetero) is 1. The number of carbonyl (C=O) groups is 2. The minimum absolute atomic E-state index is 0.123. The Morgan fingerprint density at radius 3 is 2.68 bits per heavy atom. The number of halogens is 1. The first kappa shape index (κ1) is 17.2. The largest absolute Gasteiger partial charge is 0.494 e. The molecule has 3 aromatic rings. The summed E-state index contributed by atoms with van der Waals surface area (Å²) in [6.07, 6.45) is 0. The normalized spacial score (nSPS) is 10.5. The third-order valence-corrected chi connectivity index (χ3v) is 4.59. The number of aromatic nitrogens is 1. The molecule has 0 unspecified atom stereocenters. The third kappa shape index (κ3) is 4.07. The van der Waals surface area contributed by atoms with E-state index in [1.165, 1.54) is 11.3 Å². The Hall–Kier alpha value is -2.64. The van der Waals surface area contributed by atoms with Gasteiger partial charge in [0.2, 0.25) is 0 Å². The smallest absolute Gasteiger partial charge is 0.321 e. The third-order valence-electron chi connectivity index (χ3n) is 3.40. The van der Waals surface area contributed by atoms with E-state index in [1.807, 2.05) is 12.1 Å². The fraction of sp³-hybridized carbons (Fsp3) is 0.118. The van der Waals surface area contributed by atoms with Gasteiger partial charge in [-0.15, -0.1) is 0 Å². The molecule has 1 aromatic heterocycles. The van der Waals surface area contributed by atoms with Crippen molar-refractivity contribution in [1.82, 2.24) is 10.3 Å². The number of rotatable bonds is 5. The molecule has 3 rings (SSSR count). The molecule has 0 fully saturated rings. The SMILES string of the molecule is COc1cccc2sc(NC(=O)NCC(=O)c3ccc(Cl)cc3)nc12. The van der Waals surface area contributed by atoms with Crippen LogP contribution in [-0.4, -0.2) is 30.5 Å². The number of nitrogens with zero attached hydrogens (tertiary/aromatic N) is 1. The summed E-state index contributed by atoms with van der Waals surface area (Å²) in [6.45, 7) is -0.123. The van der Waals surface area contributed by atoms with Gasteiger partial charge in [-0.05, 0) is 36.4 Å². The fourth-order valence-corrected chi connectivity index (χ4v) is 3.19. The molecular formula is C17H14ClN3O3S. The summed E-state index contributed by atoms with van der Waals surface area (Å²) in [6, 6.07) is 11.5. The number of carbonyl (C=O) groups excluding carboxylic acids is 2. The zero-order valence-electron chi connectivity index (χ0n) is 13.2. The number of nitrogens with one attached hydrogen (secondary N) is 2. The van der Waals surface area contributed by atoms with Crippen LogP contribution in [0, 0.1) is 0 Å². The van der Waals surface area contributed by atoms with Gasteiger partial charge >= 0.3 is 6.03 Å². The molecule has 8 heteroatoms. The monoisotopic (exact) mass is 375 g/mol.